The number of imide groups is 1. The number of anilines is 1. The quantitative estimate of drug-likeness (QED) is 0.176. The van der Waals surface area contributed by atoms with Gasteiger partial charge in [0, 0.05) is 17.9 Å². The molecule has 0 spiro atoms. The van der Waals surface area contributed by atoms with E-state index in [0.29, 0.717) is 16.9 Å². The summed E-state index contributed by atoms with van der Waals surface area (Å²) < 4.78 is 76.6. The molecule has 0 unspecified atom stereocenters. The number of alkyl halides is 2. The number of benzene rings is 2. The molecule has 37 heavy (non-hydrogen) atoms. The van der Waals surface area contributed by atoms with Crippen molar-refractivity contribution in [2.45, 2.75) is 22.6 Å². The number of amides is 2. The van der Waals surface area contributed by atoms with Crippen molar-refractivity contribution < 1.29 is 41.4 Å². The summed E-state index contributed by atoms with van der Waals surface area (Å²) in [6.07, 6.45) is 3.66. The number of nitrogens with zero attached hydrogens (tertiary/aromatic N) is 1. The third kappa shape index (κ3) is 3.21. The molecule has 5 nitrogen and oxygen atoms in total. The summed E-state index contributed by atoms with van der Waals surface area (Å²) in [6.45, 7) is 3.69. The molecule has 0 aromatic heterocycles. The molecular weight excluding hydrogens is 544 g/mol. The number of phenolic OH excluding ortho intramolecular Hbond substituents is 1. The Bertz CT molecular complexity index is 1460. The number of ether oxygens (including phenoxy) is 1. The molecule has 2 aromatic rings. The van der Waals surface area contributed by atoms with Crippen molar-refractivity contribution in [2.75, 3.05) is 4.90 Å². The van der Waals surface area contributed by atoms with Gasteiger partial charge in [-0.1, -0.05) is 18.7 Å². The van der Waals surface area contributed by atoms with Gasteiger partial charge in [-0.15, -0.1) is 23.2 Å². The predicted octanol–water partition coefficient (Wildman–Crippen LogP) is 5.57. The molecule has 12 heteroatoms. The Balaban J connectivity index is 1.69. The first-order valence-electron chi connectivity index (χ1n) is 10.7. The number of aromatic hydroxyl groups is 1. The minimum atomic E-state index is -2.48. The molecule has 2 aromatic carbocycles. The van der Waals surface area contributed by atoms with Crippen LogP contribution in [0.3, 0.4) is 0 Å². The standard InChI is InChI=1S/C25H14Cl2F5NO4/c1-2-10-5-6-24(26)22(35)33(21-19(31)17(29)16(28)18(30)20(21)32)23(36)25(24,27)15(10)12-7-11-8-13(34)3-4-14(11)37-9-12/h2-5,8-9,15,34H,1,6-7H2/t15-,24-,25+/m1/s1. The van der Waals surface area contributed by atoms with Gasteiger partial charge in [-0.05, 0) is 35.8 Å². The highest BCUT2D eigenvalue weighted by molar-refractivity contribution is 6.58. The average Bonchev–Trinajstić information content (AvgIpc) is 3.03. The molecule has 3 aliphatic rings. The first kappa shape index (κ1) is 25.3. The van der Waals surface area contributed by atoms with E-state index in [1.807, 2.05) is 0 Å². The van der Waals surface area contributed by atoms with Gasteiger partial charge in [0.2, 0.25) is 5.82 Å². The second-order valence-electron chi connectivity index (χ2n) is 8.70. The van der Waals surface area contributed by atoms with Crippen molar-refractivity contribution in [3.05, 3.63) is 89.0 Å². The average molecular weight is 558 g/mol. The van der Waals surface area contributed by atoms with E-state index in [0.717, 1.165) is 0 Å². The molecular formula is C25H14Cl2F5NO4. The molecule has 0 radical (unpaired) electrons. The van der Waals surface area contributed by atoms with Gasteiger partial charge < -0.3 is 9.84 Å². The highest BCUT2D eigenvalue weighted by Crippen LogP contribution is 2.59. The largest absolute Gasteiger partial charge is 0.508 e. The van der Waals surface area contributed by atoms with Gasteiger partial charge in [-0.3, -0.25) is 9.59 Å². The van der Waals surface area contributed by atoms with Crippen LogP contribution in [-0.4, -0.2) is 26.7 Å². The molecule has 192 valence electrons. The maximum absolute atomic E-state index is 14.7. The van der Waals surface area contributed by atoms with E-state index in [9.17, 15) is 36.6 Å². The van der Waals surface area contributed by atoms with E-state index in [1.54, 1.807) is 0 Å². The number of carbonyl (C=O) groups is 2. The van der Waals surface area contributed by atoms with E-state index < -0.39 is 68.7 Å². The van der Waals surface area contributed by atoms with Crippen LogP contribution in [0.1, 0.15) is 12.0 Å². The van der Waals surface area contributed by atoms with Crippen LogP contribution >= 0.6 is 23.2 Å². The summed E-state index contributed by atoms with van der Waals surface area (Å²) in [7, 11) is 0. The predicted molar refractivity (Wildman–Crippen MR) is 123 cm³/mol. The zero-order valence-electron chi connectivity index (χ0n) is 18.4. The van der Waals surface area contributed by atoms with Crippen LogP contribution in [0.15, 0.2) is 54.3 Å². The van der Waals surface area contributed by atoms with Gasteiger partial charge >= 0.3 is 0 Å². The molecule has 0 saturated carbocycles. The minimum absolute atomic E-state index is 0.0466. The van der Waals surface area contributed by atoms with Crippen LogP contribution in [0.4, 0.5) is 27.6 Å². The maximum Gasteiger partial charge on any atom is 0.258 e. The van der Waals surface area contributed by atoms with E-state index in [2.05, 4.69) is 6.58 Å². The van der Waals surface area contributed by atoms with E-state index >= 15 is 0 Å². The Morgan fingerprint density at radius 3 is 2.27 bits per heavy atom. The van der Waals surface area contributed by atoms with Crippen LogP contribution in [0.2, 0.25) is 0 Å². The summed E-state index contributed by atoms with van der Waals surface area (Å²) in [5.41, 5.74) is -0.696. The van der Waals surface area contributed by atoms with Gasteiger partial charge in [-0.2, -0.15) is 0 Å². The van der Waals surface area contributed by atoms with E-state index in [1.165, 1.54) is 36.6 Å². The number of carbonyl (C=O) groups excluding carboxylic acids is 2. The van der Waals surface area contributed by atoms with Gasteiger partial charge in [0.25, 0.3) is 11.8 Å². The first-order valence-corrected chi connectivity index (χ1v) is 11.4. The lowest BCUT2D eigenvalue weighted by molar-refractivity contribution is -0.122. The number of allylic oxidation sites excluding steroid dienone is 4. The van der Waals surface area contributed by atoms with Crippen molar-refractivity contribution in [3.8, 4) is 11.5 Å². The fourth-order valence-electron chi connectivity index (χ4n) is 5.00. The van der Waals surface area contributed by atoms with Gasteiger partial charge in [0.15, 0.2) is 33.0 Å². The van der Waals surface area contributed by atoms with Crippen molar-refractivity contribution in [1.82, 2.24) is 0 Å². The second-order valence-corrected chi connectivity index (χ2v) is 9.94. The Morgan fingerprint density at radius 2 is 1.65 bits per heavy atom. The zero-order chi connectivity index (χ0) is 27.0. The fraction of sp³-hybridized carbons (Fsp3) is 0.200. The molecule has 2 heterocycles. The van der Waals surface area contributed by atoms with Crippen molar-refractivity contribution >= 4 is 40.7 Å². The van der Waals surface area contributed by atoms with Gasteiger partial charge in [-0.25, -0.2) is 26.9 Å². The van der Waals surface area contributed by atoms with E-state index in [-0.39, 0.29) is 22.6 Å². The van der Waals surface area contributed by atoms with Crippen LogP contribution < -0.4 is 9.64 Å². The van der Waals surface area contributed by atoms with Crippen LogP contribution in [-0.2, 0) is 16.0 Å². The lowest BCUT2D eigenvalue weighted by atomic mass is 9.67. The SMILES string of the molecule is C=CC1=CC[C@@]2(Cl)C(=O)N(c3c(F)c(F)c(F)c(F)c3F)C(=O)[C@@]2(Cl)[C@H]1C1=COc2ccc(O)cc2C1. The summed E-state index contributed by atoms with van der Waals surface area (Å²) in [5, 5.41) is 9.86. The molecule has 1 aliphatic carbocycles. The number of halogens is 7. The molecule has 5 rings (SSSR count). The normalized spacial score (nSPS) is 26.8. The van der Waals surface area contributed by atoms with Gasteiger partial charge in [0.05, 0.1) is 6.26 Å². The third-order valence-corrected chi connectivity index (χ3v) is 8.19. The number of rotatable bonds is 3. The van der Waals surface area contributed by atoms with Crippen LogP contribution in [0.5, 0.6) is 11.5 Å². The number of hydrogen-bond donors (Lipinski definition) is 1. The number of hydrogen-bond acceptors (Lipinski definition) is 4. The Hall–Kier alpha value is -3.37. The Labute approximate surface area is 216 Å². The van der Waals surface area contributed by atoms with Gasteiger partial charge in [0.1, 0.15) is 17.2 Å². The molecule has 2 amide bonds. The second kappa shape index (κ2) is 8.32. The lowest BCUT2D eigenvalue weighted by Gasteiger charge is -2.43. The topological polar surface area (TPSA) is 66.8 Å². The Kier molecular flexibility index (Phi) is 5.69. The van der Waals surface area contributed by atoms with Crippen LogP contribution in [0, 0.1) is 35.0 Å². The number of fused-ring (bicyclic) bond motifs is 2. The molecule has 1 saturated heterocycles. The summed E-state index contributed by atoms with van der Waals surface area (Å²) >= 11 is 13.5. The van der Waals surface area contributed by atoms with E-state index in [4.69, 9.17) is 27.9 Å². The lowest BCUT2D eigenvalue weighted by Crippen LogP contribution is -2.56. The molecule has 1 fully saturated rings. The van der Waals surface area contributed by atoms with Crippen molar-refractivity contribution in [3.63, 3.8) is 0 Å². The fourth-order valence-corrected chi connectivity index (χ4v) is 5.86. The molecule has 3 atom stereocenters. The molecule has 0 bridgehead atoms. The minimum Gasteiger partial charge on any atom is -0.508 e. The smallest absolute Gasteiger partial charge is 0.258 e. The highest BCUT2D eigenvalue weighted by atomic mass is 35.5. The molecule has 2 aliphatic heterocycles. The molecule has 1 N–H and O–H groups in total. The zero-order valence-corrected chi connectivity index (χ0v) is 19.9. The third-order valence-electron chi connectivity index (χ3n) is 6.78. The van der Waals surface area contributed by atoms with Crippen molar-refractivity contribution in [1.29, 1.82) is 0 Å². The number of phenols is 1. The Morgan fingerprint density at radius 1 is 1.03 bits per heavy atom. The summed E-state index contributed by atoms with van der Waals surface area (Å²) in [4.78, 5) is 22.1. The monoisotopic (exact) mass is 557 g/mol. The van der Waals surface area contributed by atoms with Crippen LogP contribution in [0.25, 0.3) is 0 Å². The maximum atomic E-state index is 14.7. The summed E-state index contributed by atoms with van der Waals surface area (Å²) in [5.74, 6) is -15.9. The first-order chi connectivity index (χ1) is 17.4. The highest BCUT2D eigenvalue weighted by Gasteiger charge is 2.74. The van der Waals surface area contributed by atoms with Crippen molar-refractivity contribution in [2.24, 2.45) is 5.92 Å². The summed E-state index contributed by atoms with van der Waals surface area (Å²) in [6, 6.07) is 4.29.